The Labute approximate surface area is 119 Å². The van der Waals surface area contributed by atoms with Crippen LogP contribution in [0.5, 0.6) is 0 Å². The maximum atomic E-state index is 3.73. The van der Waals surface area contributed by atoms with E-state index in [1.54, 1.807) is 0 Å². The highest BCUT2D eigenvalue weighted by Gasteiger charge is 2.09. The molecule has 0 bridgehead atoms. The number of hydrogen-bond donors (Lipinski definition) is 1. The summed E-state index contributed by atoms with van der Waals surface area (Å²) in [5, 5.41) is 3.73. The fourth-order valence-electron chi connectivity index (χ4n) is 2.31. The molecule has 0 fully saturated rings. The van der Waals surface area contributed by atoms with Gasteiger partial charge in [-0.2, -0.15) is 0 Å². The first-order valence-corrected chi connectivity index (χ1v) is 7.67. The van der Waals surface area contributed by atoms with Crippen LogP contribution in [0.4, 0.5) is 0 Å². The zero-order valence-electron chi connectivity index (χ0n) is 12.9. The molecule has 1 unspecified atom stereocenters. The Balaban J connectivity index is 2.34. The smallest absolute Gasteiger partial charge is 0.0320 e. The topological polar surface area (TPSA) is 15.3 Å². The molecule has 19 heavy (non-hydrogen) atoms. The first-order valence-electron chi connectivity index (χ1n) is 7.67. The molecule has 1 N–H and O–H groups in total. The number of nitrogens with zero attached hydrogens (tertiary/aromatic N) is 1. The predicted molar refractivity (Wildman–Crippen MR) is 84.5 cm³/mol. The molecule has 0 aliphatic heterocycles. The molecular weight excluding hydrogens is 232 g/mol. The van der Waals surface area contributed by atoms with Crippen LogP contribution in [0.1, 0.15) is 50.6 Å². The average Bonchev–Trinajstić information content (AvgIpc) is 2.42. The van der Waals surface area contributed by atoms with Crippen LogP contribution < -0.4 is 5.32 Å². The molecule has 108 valence electrons. The zero-order chi connectivity index (χ0) is 13.9. The van der Waals surface area contributed by atoms with Gasteiger partial charge in [-0.05, 0) is 52.0 Å². The Hall–Kier alpha value is -0.860. The quantitative estimate of drug-likeness (QED) is 0.644. The van der Waals surface area contributed by atoms with Gasteiger partial charge in [0.25, 0.3) is 0 Å². The molecule has 1 aromatic carbocycles. The average molecular weight is 262 g/mol. The Morgan fingerprint density at radius 2 is 1.79 bits per heavy atom. The summed E-state index contributed by atoms with van der Waals surface area (Å²) in [6.07, 6.45) is 6.34. The zero-order valence-corrected chi connectivity index (χ0v) is 12.9. The Bertz CT molecular complexity index is 308. The van der Waals surface area contributed by atoms with E-state index >= 15 is 0 Å². The number of hydrogen-bond acceptors (Lipinski definition) is 2. The minimum absolute atomic E-state index is 0.528. The van der Waals surface area contributed by atoms with Crippen molar-refractivity contribution >= 4 is 0 Å². The van der Waals surface area contributed by atoms with Crippen molar-refractivity contribution in [3.05, 3.63) is 35.9 Å². The molecule has 2 heteroatoms. The van der Waals surface area contributed by atoms with Gasteiger partial charge in [0.2, 0.25) is 0 Å². The fraction of sp³-hybridized carbons (Fsp3) is 0.647. The number of rotatable bonds is 10. The molecular formula is C17H30N2. The molecule has 0 saturated carbocycles. The lowest BCUT2D eigenvalue weighted by Crippen LogP contribution is -2.23. The van der Waals surface area contributed by atoms with Gasteiger partial charge in [-0.1, -0.05) is 50.1 Å². The highest BCUT2D eigenvalue weighted by atomic mass is 15.0. The van der Waals surface area contributed by atoms with Crippen molar-refractivity contribution in [1.29, 1.82) is 0 Å². The van der Waals surface area contributed by atoms with Crippen molar-refractivity contribution < 1.29 is 0 Å². The molecule has 0 spiro atoms. The van der Waals surface area contributed by atoms with Gasteiger partial charge in [-0.3, -0.25) is 0 Å². The molecule has 0 aliphatic carbocycles. The molecule has 0 amide bonds. The fourth-order valence-corrected chi connectivity index (χ4v) is 2.31. The number of benzene rings is 1. The van der Waals surface area contributed by atoms with Gasteiger partial charge in [0, 0.05) is 6.04 Å². The maximum absolute atomic E-state index is 3.73. The van der Waals surface area contributed by atoms with Crippen molar-refractivity contribution in [3.63, 3.8) is 0 Å². The molecule has 0 radical (unpaired) electrons. The normalized spacial score (nSPS) is 12.8. The third kappa shape index (κ3) is 7.34. The molecule has 0 aromatic heterocycles. The summed E-state index contributed by atoms with van der Waals surface area (Å²) >= 11 is 0. The van der Waals surface area contributed by atoms with Crippen molar-refractivity contribution in [1.82, 2.24) is 10.2 Å². The molecule has 0 saturated heterocycles. The van der Waals surface area contributed by atoms with E-state index in [2.05, 4.69) is 61.6 Å². The van der Waals surface area contributed by atoms with Gasteiger partial charge in [0.05, 0.1) is 0 Å². The number of unbranched alkanes of at least 4 members (excludes halogenated alkanes) is 2. The van der Waals surface area contributed by atoms with Crippen molar-refractivity contribution in [2.24, 2.45) is 0 Å². The van der Waals surface area contributed by atoms with E-state index in [0.717, 1.165) is 6.54 Å². The van der Waals surface area contributed by atoms with E-state index in [9.17, 15) is 0 Å². The summed E-state index contributed by atoms with van der Waals surface area (Å²) in [6.45, 7) is 4.57. The molecule has 2 nitrogen and oxygen atoms in total. The monoisotopic (exact) mass is 262 g/mol. The molecule has 0 aliphatic rings. The third-order valence-corrected chi connectivity index (χ3v) is 3.47. The Morgan fingerprint density at radius 3 is 2.42 bits per heavy atom. The summed E-state index contributed by atoms with van der Waals surface area (Å²) < 4.78 is 0. The van der Waals surface area contributed by atoms with E-state index in [-0.39, 0.29) is 0 Å². The first kappa shape index (κ1) is 16.2. The van der Waals surface area contributed by atoms with Crippen molar-refractivity contribution in [2.75, 3.05) is 27.2 Å². The van der Waals surface area contributed by atoms with E-state index in [4.69, 9.17) is 0 Å². The van der Waals surface area contributed by atoms with Gasteiger partial charge in [0.15, 0.2) is 0 Å². The third-order valence-electron chi connectivity index (χ3n) is 3.47. The molecule has 1 aromatic rings. The van der Waals surface area contributed by atoms with Crippen LogP contribution in [0.15, 0.2) is 30.3 Å². The largest absolute Gasteiger partial charge is 0.310 e. The van der Waals surface area contributed by atoms with Gasteiger partial charge < -0.3 is 10.2 Å². The van der Waals surface area contributed by atoms with E-state index in [1.165, 1.54) is 44.2 Å². The van der Waals surface area contributed by atoms with E-state index in [0.29, 0.717) is 6.04 Å². The second-order valence-electron chi connectivity index (χ2n) is 5.57. The molecule has 1 rings (SSSR count). The van der Waals surface area contributed by atoms with Crippen LogP contribution in [-0.2, 0) is 0 Å². The minimum atomic E-state index is 0.528. The predicted octanol–water partition coefficient (Wildman–Crippen LogP) is 3.85. The van der Waals surface area contributed by atoms with Crippen molar-refractivity contribution in [3.8, 4) is 0 Å². The second kappa shape index (κ2) is 9.99. The Morgan fingerprint density at radius 1 is 1.05 bits per heavy atom. The van der Waals surface area contributed by atoms with Crippen LogP contribution in [0.2, 0.25) is 0 Å². The lowest BCUT2D eigenvalue weighted by molar-refractivity contribution is 0.385. The van der Waals surface area contributed by atoms with Crippen LogP contribution in [0, 0.1) is 0 Å². The van der Waals surface area contributed by atoms with Crippen LogP contribution >= 0.6 is 0 Å². The van der Waals surface area contributed by atoms with E-state index in [1.807, 2.05) is 0 Å². The maximum Gasteiger partial charge on any atom is 0.0320 e. The molecule has 0 heterocycles. The standard InChI is InChI=1S/C17H30N2/c1-4-5-13-17(16-11-7-6-8-12-16)18-14-9-10-15-19(2)3/h6-8,11-12,17-18H,4-5,9-10,13-15H2,1-3H3. The van der Waals surface area contributed by atoms with Crippen LogP contribution in [0.3, 0.4) is 0 Å². The lowest BCUT2D eigenvalue weighted by atomic mass is 10.0. The summed E-state index contributed by atoms with van der Waals surface area (Å²) in [7, 11) is 4.28. The highest BCUT2D eigenvalue weighted by molar-refractivity contribution is 5.18. The Kier molecular flexibility index (Phi) is 8.52. The van der Waals surface area contributed by atoms with Crippen molar-refractivity contribution in [2.45, 2.75) is 45.1 Å². The lowest BCUT2D eigenvalue weighted by Gasteiger charge is -2.19. The van der Waals surface area contributed by atoms with Gasteiger partial charge >= 0.3 is 0 Å². The van der Waals surface area contributed by atoms with Gasteiger partial charge in [-0.15, -0.1) is 0 Å². The molecule has 1 atom stereocenters. The van der Waals surface area contributed by atoms with Crippen LogP contribution in [0.25, 0.3) is 0 Å². The number of nitrogens with one attached hydrogen (secondary N) is 1. The minimum Gasteiger partial charge on any atom is -0.310 e. The van der Waals surface area contributed by atoms with Gasteiger partial charge in [0.1, 0.15) is 0 Å². The van der Waals surface area contributed by atoms with Crippen LogP contribution in [-0.4, -0.2) is 32.1 Å². The summed E-state index contributed by atoms with van der Waals surface area (Å²) in [4.78, 5) is 2.26. The SMILES string of the molecule is CCCCC(NCCCCN(C)C)c1ccccc1. The second-order valence-corrected chi connectivity index (χ2v) is 5.57. The summed E-state index contributed by atoms with van der Waals surface area (Å²) in [5.41, 5.74) is 1.43. The summed E-state index contributed by atoms with van der Waals surface area (Å²) in [5.74, 6) is 0. The van der Waals surface area contributed by atoms with E-state index < -0.39 is 0 Å². The van der Waals surface area contributed by atoms with Gasteiger partial charge in [-0.25, -0.2) is 0 Å². The highest BCUT2D eigenvalue weighted by Crippen LogP contribution is 2.19. The summed E-state index contributed by atoms with van der Waals surface area (Å²) in [6, 6.07) is 11.4. The first-order chi connectivity index (χ1) is 9.24.